The number of aromatic nitrogens is 1. The molecular weight excluding hydrogens is 252 g/mol. The summed E-state index contributed by atoms with van der Waals surface area (Å²) in [7, 11) is 3.55. The van der Waals surface area contributed by atoms with Gasteiger partial charge in [0.15, 0.2) is 0 Å². The number of rotatable bonds is 0. The van der Waals surface area contributed by atoms with E-state index in [2.05, 4.69) is 18.1 Å². The van der Waals surface area contributed by atoms with Gasteiger partial charge in [0.2, 0.25) is 0 Å². The number of fused-ring (bicyclic) bond motifs is 1. The van der Waals surface area contributed by atoms with Gasteiger partial charge in [-0.1, -0.05) is 0 Å². The van der Waals surface area contributed by atoms with Crippen molar-refractivity contribution in [2.45, 2.75) is 39.7 Å². The number of hydrogen-bond donors (Lipinski definition) is 1. The zero-order valence-corrected chi connectivity index (χ0v) is 13.7. The number of likely N-dealkylation sites (N-methyl/N-ethyl adjacent to an activating group) is 1. The van der Waals surface area contributed by atoms with E-state index in [9.17, 15) is 4.79 Å². The fraction of sp³-hybridized carbons (Fsp3) is 0.562. The Morgan fingerprint density at radius 2 is 1.85 bits per heavy atom. The molecule has 1 N–H and O–H groups in total. The smallest absolute Gasteiger partial charge is 0.255 e. The molecule has 1 aromatic heterocycles. The monoisotopic (exact) mass is 280 g/mol. The number of H-pyrrole nitrogens is 1. The van der Waals surface area contributed by atoms with Crippen LogP contribution in [0.3, 0.4) is 0 Å². The maximum absolute atomic E-state index is 11.5. The molecule has 4 nitrogen and oxygen atoms in total. The van der Waals surface area contributed by atoms with Gasteiger partial charge in [-0.3, -0.25) is 4.79 Å². The molecule has 0 bridgehead atoms. The Bertz CT molecular complexity index is 430. The second kappa shape index (κ2) is 7.90. The molecule has 4 heteroatoms. The molecule has 0 aliphatic carbocycles. The maximum atomic E-state index is 11.5. The minimum Gasteiger partial charge on any atom is -0.379 e. The van der Waals surface area contributed by atoms with E-state index in [1.165, 1.54) is 0 Å². The lowest BCUT2D eigenvalue weighted by molar-refractivity contribution is 0.0397. The Kier molecular flexibility index (Phi) is 7.29. The molecule has 20 heavy (non-hydrogen) atoms. The summed E-state index contributed by atoms with van der Waals surface area (Å²) < 4.78 is 4.94. The Morgan fingerprint density at radius 1 is 1.35 bits per heavy atom. The van der Waals surface area contributed by atoms with Crippen molar-refractivity contribution in [1.29, 1.82) is 0 Å². The van der Waals surface area contributed by atoms with Crippen LogP contribution in [0.25, 0.3) is 0 Å². The molecule has 0 radical (unpaired) electrons. The van der Waals surface area contributed by atoms with Crippen molar-refractivity contribution >= 4 is 5.91 Å². The third-order valence-corrected chi connectivity index (χ3v) is 2.92. The van der Waals surface area contributed by atoms with Gasteiger partial charge >= 0.3 is 0 Å². The summed E-state index contributed by atoms with van der Waals surface area (Å²) in [5.74, 6) is 0.139. The minimum atomic E-state index is 0.0417. The van der Waals surface area contributed by atoms with E-state index in [0.29, 0.717) is 0 Å². The minimum absolute atomic E-state index is 0.0417. The maximum Gasteiger partial charge on any atom is 0.255 e. The number of nitrogens with zero attached hydrogens (tertiary/aromatic N) is 1. The fourth-order valence-electron chi connectivity index (χ4n) is 1.62. The summed E-state index contributed by atoms with van der Waals surface area (Å²) in [5.41, 5.74) is 3.06. The number of nitrogens with one attached hydrogen (secondary N) is 1. The molecule has 0 fully saturated rings. The normalized spacial score (nSPS) is 13.7. The van der Waals surface area contributed by atoms with Gasteiger partial charge in [-0.15, -0.1) is 13.2 Å². The van der Waals surface area contributed by atoms with Crippen LogP contribution >= 0.6 is 0 Å². The highest BCUT2D eigenvalue weighted by Gasteiger charge is 2.22. The molecule has 0 saturated heterocycles. The molecule has 0 saturated carbocycles. The Balaban J connectivity index is 0.000000387. The number of aromatic amines is 1. The van der Waals surface area contributed by atoms with Crippen LogP contribution in [-0.2, 0) is 11.2 Å². The highest BCUT2D eigenvalue weighted by Crippen LogP contribution is 2.17. The van der Waals surface area contributed by atoms with Crippen LogP contribution in [0.1, 0.15) is 42.5 Å². The number of hydrogen-bond acceptors (Lipinski definition) is 2. The van der Waals surface area contributed by atoms with E-state index < -0.39 is 0 Å². The highest BCUT2D eigenvalue weighted by atomic mass is 16.5. The molecule has 2 heterocycles. The van der Waals surface area contributed by atoms with Crippen molar-refractivity contribution in [3.63, 3.8) is 0 Å². The van der Waals surface area contributed by atoms with Gasteiger partial charge in [0.25, 0.3) is 5.91 Å². The third-order valence-electron chi connectivity index (χ3n) is 2.92. The van der Waals surface area contributed by atoms with E-state index in [-0.39, 0.29) is 11.5 Å². The van der Waals surface area contributed by atoms with E-state index in [4.69, 9.17) is 4.74 Å². The highest BCUT2D eigenvalue weighted by molar-refractivity contribution is 5.96. The quantitative estimate of drug-likeness (QED) is 0.742. The van der Waals surface area contributed by atoms with E-state index in [0.717, 1.165) is 29.9 Å². The lowest BCUT2D eigenvalue weighted by Gasteiger charge is -2.21. The Labute approximate surface area is 122 Å². The van der Waals surface area contributed by atoms with E-state index in [1.807, 2.05) is 40.8 Å². The lowest BCUT2D eigenvalue weighted by atomic mass is 10.1. The van der Waals surface area contributed by atoms with Crippen LogP contribution in [0.15, 0.2) is 19.2 Å². The molecular formula is C16H28N2O2. The van der Waals surface area contributed by atoms with Crippen LogP contribution in [0.5, 0.6) is 0 Å². The van der Waals surface area contributed by atoms with Gasteiger partial charge in [-0.2, -0.15) is 0 Å². The van der Waals surface area contributed by atoms with Gasteiger partial charge in [0.1, 0.15) is 0 Å². The van der Waals surface area contributed by atoms with Gasteiger partial charge in [-0.05, 0) is 33.8 Å². The lowest BCUT2D eigenvalue weighted by Crippen LogP contribution is -2.33. The number of methoxy groups -OCH3 is 1. The predicted octanol–water partition coefficient (Wildman–Crippen LogP) is 3.18. The van der Waals surface area contributed by atoms with Crippen LogP contribution in [0, 0.1) is 6.92 Å². The molecule has 2 rings (SSSR count). The zero-order valence-electron chi connectivity index (χ0n) is 13.7. The molecule has 0 atom stereocenters. The van der Waals surface area contributed by atoms with Crippen molar-refractivity contribution in [3.05, 3.63) is 36.2 Å². The van der Waals surface area contributed by atoms with Crippen LogP contribution in [0.2, 0.25) is 0 Å². The molecule has 0 unspecified atom stereocenters. The molecule has 1 aromatic rings. The van der Waals surface area contributed by atoms with Crippen molar-refractivity contribution in [3.8, 4) is 0 Å². The van der Waals surface area contributed by atoms with Crippen molar-refractivity contribution in [2.24, 2.45) is 0 Å². The Morgan fingerprint density at radius 3 is 2.30 bits per heavy atom. The molecule has 0 aromatic carbocycles. The average Bonchev–Trinajstić information content (AvgIpc) is 2.78. The summed E-state index contributed by atoms with van der Waals surface area (Å²) in [6.45, 7) is 14.9. The van der Waals surface area contributed by atoms with Crippen LogP contribution < -0.4 is 0 Å². The summed E-state index contributed by atoms with van der Waals surface area (Å²) in [5, 5.41) is 0. The topological polar surface area (TPSA) is 45.3 Å². The van der Waals surface area contributed by atoms with Crippen LogP contribution in [-0.4, -0.2) is 42.1 Å². The Hall–Kier alpha value is -1.55. The second-order valence-corrected chi connectivity index (χ2v) is 5.64. The van der Waals surface area contributed by atoms with Crippen molar-refractivity contribution in [2.75, 3.05) is 20.7 Å². The summed E-state index contributed by atoms with van der Waals surface area (Å²) in [4.78, 5) is 16.5. The molecule has 1 amide bonds. The van der Waals surface area contributed by atoms with Crippen LogP contribution in [0.4, 0.5) is 0 Å². The third kappa shape index (κ3) is 5.61. The molecule has 114 valence electrons. The molecule has 1 aliphatic rings. The van der Waals surface area contributed by atoms with Crippen molar-refractivity contribution in [1.82, 2.24) is 9.88 Å². The van der Waals surface area contributed by atoms with Gasteiger partial charge in [-0.25, -0.2) is 0 Å². The average molecular weight is 280 g/mol. The second-order valence-electron chi connectivity index (χ2n) is 5.64. The SMILES string of the molecule is C=C.COC(C)(C)C.Cc1cc2c([nH]1)CCN(C)C2=O. The summed E-state index contributed by atoms with van der Waals surface area (Å²) in [6.07, 6.45) is 0.950. The van der Waals surface area contributed by atoms with Gasteiger partial charge in [0, 0.05) is 38.5 Å². The van der Waals surface area contributed by atoms with Crippen molar-refractivity contribution < 1.29 is 9.53 Å². The predicted molar refractivity (Wildman–Crippen MR) is 84.2 cm³/mol. The van der Waals surface area contributed by atoms with Gasteiger partial charge in [0.05, 0.1) is 11.2 Å². The zero-order chi connectivity index (χ0) is 15.9. The first-order valence-corrected chi connectivity index (χ1v) is 6.73. The number of carbonyl (C=O) groups excluding carboxylic acids is 1. The standard InChI is InChI=1S/C9H12N2O.C5H12O.C2H4/c1-6-5-7-8(10-6)3-4-11(2)9(7)12;1-5(2,3)6-4;1-2/h5,10H,3-4H2,1-2H3;1-4H3;1-2H2. The first-order valence-electron chi connectivity index (χ1n) is 6.73. The van der Waals surface area contributed by atoms with E-state index >= 15 is 0 Å². The number of carbonyl (C=O) groups is 1. The first-order chi connectivity index (χ1) is 9.24. The first kappa shape index (κ1) is 18.4. The summed E-state index contributed by atoms with van der Waals surface area (Å²) >= 11 is 0. The van der Waals surface area contributed by atoms with E-state index in [1.54, 1.807) is 12.0 Å². The molecule has 1 aliphatic heterocycles. The van der Waals surface area contributed by atoms with Gasteiger partial charge < -0.3 is 14.6 Å². The number of amides is 1. The molecule has 0 spiro atoms. The number of ether oxygens (including phenoxy) is 1. The largest absolute Gasteiger partial charge is 0.379 e. The fourth-order valence-corrected chi connectivity index (χ4v) is 1.62. The summed E-state index contributed by atoms with van der Waals surface area (Å²) in [6, 6.07) is 1.92. The number of aryl methyl sites for hydroxylation is 1.